The number of benzene rings is 1. The lowest BCUT2D eigenvalue weighted by Gasteiger charge is -2.06. The Kier molecular flexibility index (Phi) is 3.06. The molecule has 1 saturated carbocycles. The Labute approximate surface area is 94.3 Å². The molecule has 0 atom stereocenters. The zero-order valence-electron chi connectivity index (χ0n) is 8.86. The second-order valence-electron chi connectivity index (χ2n) is 3.89. The van der Waals surface area contributed by atoms with Crippen LogP contribution in [0.4, 0.5) is 5.69 Å². The van der Waals surface area contributed by atoms with E-state index >= 15 is 0 Å². The fourth-order valence-corrected chi connectivity index (χ4v) is 1.39. The van der Waals surface area contributed by atoms with E-state index in [0.29, 0.717) is 11.6 Å². The molecule has 0 heterocycles. The predicted molar refractivity (Wildman–Crippen MR) is 60.8 cm³/mol. The van der Waals surface area contributed by atoms with E-state index in [1.54, 1.807) is 18.2 Å². The van der Waals surface area contributed by atoms with Crippen LogP contribution in [0.25, 0.3) is 0 Å². The van der Waals surface area contributed by atoms with E-state index in [2.05, 4.69) is 16.7 Å². The minimum Gasteiger partial charge on any atom is -0.376 e. The largest absolute Gasteiger partial charge is 0.376 e. The fraction of sp³-hybridized carbons (Fsp3) is 0.333. The van der Waals surface area contributed by atoms with E-state index in [1.807, 2.05) is 6.07 Å². The van der Waals surface area contributed by atoms with Gasteiger partial charge in [-0.3, -0.25) is 4.79 Å². The van der Waals surface area contributed by atoms with Crippen molar-refractivity contribution in [2.45, 2.75) is 18.9 Å². The van der Waals surface area contributed by atoms with Crippen LogP contribution in [0.5, 0.6) is 0 Å². The summed E-state index contributed by atoms with van der Waals surface area (Å²) in [7, 11) is 0. The molecule has 0 saturated heterocycles. The third-order valence-corrected chi connectivity index (χ3v) is 2.39. The van der Waals surface area contributed by atoms with Crippen molar-refractivity contribution in [3.05, 3.63) is 29.8 Å². The van der Waals surface area contributed by atoms with Crippen LogP contribution in [0, 0.1) is 11.3 Å². The van der Waals surface area contributed by atoms with Crippen molar-refractivity contribution >= 4 is 11.6 Å². The van der Waals surface area contributed by atoms with Crippen molar-refractivity contribution in [2.75, 3.05) is 11.9 Å². The van der Waals surface area contributed by atoms with Crippen LogP contribution in [0.15, 0.2) is 24.3 Å². The molecule has 2 N–H and O–H groups in total. The molecular weight excluding hydrogens is 202 g/mol. The Morgan fingerprint density at radius 3 is 3.00 bits per heavy atom. The summed E-state index contributed by atoms with van der Waals surface area (Å²) in [6.07, 6.45) is 2.19. The number of carbonyl (C=O) groups excluding carboxylic acids is 1. The van der Waals surface area contributed by atoms with E-state index < -0.39 is 0 Å². The van der Waals surface area contributed by atoms with Gasteiger partial charge in [0, 0.05) is 11.7 Å². The third kappa shape index (κ3) is 2.99. The quantitative estimate of drug-likeness (QED) is 0.794. The summed E-state index contributed by atoms with van der Waals surface area (Å²) in [5.74, 6) is 0.00450. The van der Waals surface area contributed by atoms with Crippen LogP contribution in [0.3, 0.4) is 0 Å². The first kappa shape index (κ1) is 10.5. The third-order valence-electron chi connectivity index (χ3n) is 2.39. The number of hydrogen-bond donors (Lipinski definition) is 2. The van der Waals surface area contributed by atoms with E-state index in [4.69, 9.17) is 5.26 Å². The Balaban J connectivity index is 1.83. The number of carbonyl (C=O) groups is 1. The molecule has 4 heteroatoms. The predicted octanol–water partition coefficient (Wildman–Crippen LogP) is 1.25. The molecule has 1 aliphatic carbocycles. The highest BCUT2D eigenvalue weighted by molar-refractivity contribution is 5.81. The van der Waals surface area contributed by atoms with Gasteiger partial charge in [-0.15, -0.1) is 0 Å². The summed E-state index contributed by atoms with van der Waals surface area (Å²) < 4.78 is 0. The first-order valence-corrected chi connectivity index (χ1v) is 5.31. The Morgan fingerprint density at radius 2 is 2.31 bits per heavy atom. The number of anilines is 1. The molecule has 4 nitrogen and oxygen atoms in total. The highest BCUT2D eigenvalue weighted by Crippen LogP contribution is 2.18. The molecule has 0 radical (unpaired) electrons. The maximum atomic E-state index is 11.4. The van der Waals surface area contributed by atoms with E-state index in [0.717, 1.165) is 18.5 Å². The summed E-state index contributed by atoms with van der Waals surface area (Å²) in [5, 5.41) is 14.6. The van der Waals surface area contributed by atoms with Crippen molar-refractivity contribution in [3.63, 3.8) is 0 Å². The average molecular weight is 215 g/mol. The zero-order chi connectivity index (χ0) is 11.4. The van der Waals surface area contributed by atoms with Crippen LogP contribution in [-0.2, 0) is 4.79 Å². The van der Waals surface area contributed by atoms with Crippen molar-refractivity contribution in [3.8, 4) is 6.07 Å². The molecule has 1 fully saturated rings. The zero-order valence-corrected chi connectivity index (χ0v) is 8.86. The lowest BCUT2D eigenvalue weighted by Crippen LogP contribution is -2.31. The van der Waals surface area contributed by atoms with Crippen molar-refractivity contribution in [1.82, 2.24) is 5.32 Å². The van der Waals surface area contributed by atoms with E-state index in [1.165, 1.54) is 0 Å². The highest BCUT2D eigenvalue weighted by Gasteiger charge is 2.22. The summed E-state index contributed by atoms with van der Waals surface area (Å²) in [4.78, 5) is 11.4. The molecule has 1 aromatic carbocycles. The fourth-order valence-electron chi connectivity index (χ4n) is 1.39. The van der Waals surface area contributed by atoms with Gasteiger partial charge >= 0.3 is 0 Å². The van der Waals surface area contributed by atoms with Gasteiger partial charge in [-0.2, -0.15) is 5.26 Å². The highest BCUT2D eigenvalue weighted by atomic mass is 16.2. The molecule has 2 rings (SSSR count). The number of rotatable bonds is 4. The van der Waals surface area contributed by atoms with Gasteiger partial charge in [0.1, 0.15) is 0 Å². The van der Waals surface area contributed by atoms with Crippen LogP contribution >= 0.6 is 0 Å². The maximum absolute atomic E-state index is 11.4. The number of nitriles is 1. The van der Waals surface area contributed by atoms with Gasteiger partial charge in [-0.25, -0.2) is 0 Å². The van der Waals surface area contributed by atoms with Gasteiger partial charge in [0.25, 0.3) is 0 Å². The summed E-state index contributed by atoms with van der Waals surface area (Å²) in [6, 6.07) is 9.53. The molecule has 0 aliphatic heterocycles. The van der Waals surface area contributed by atoms with Crippen molar-refractivity contribution in [1.29, 1.82) is 5.26 Å². The maximum Gasteiger partial charge on any atom is 0.239 e. The number of nitrogens with zero attached hydrogens (tertiary/aromatic N) is 1. The smallest absolute Gasteiger partial charge is 0.239 e. The molecule has 1 aromatic rings. The molecule has 0 bridgehead atoms. The molecule has 1 aliphatic rings. The first-order valence-electron chi connectivity index (χ1n) is 5.31. The lowest BCUT2D eigenvalue weighted by atomic mass is 10.2. The van der Waals surface area contributed by atoms with Crippen LogP contribution in [-0.4, -0.2) is 18.5 Å². The standard InChI is InChI=1S/C12H13N3O/c13-7-9-2-1-3-11(6-9)14-8-12(16)15-10-4-5-10/h1-3,6,10,14H,4-5,8H2,(H,15,16). The lowest BCUT2D eigenvalue weighted by molar-refractivity contribution is -0.119. The van der Waals surface area contributed by atoms with Gasteiger partial charge in [0.2, 0.25) is 5.91 Å². The second kappa shape index (κ2) is 4.67. The molecule has 0 aromatic heterocycles. The number of amides is 1. The molecule has 16 heavy (non-hydrogen) atoms. The van der Waals surface area contributed by atoms with Gasteiger partial charge in [-0.1, -0.05) is 6.07 Å². The van der Waals surface area contributed by atoms with Gasteiger partial charge < -0.3 is 10.6 Å². The van der Waals surface area contributed by atoms with Crippen LogP contribution in [0.1, 0.15) is 18.4 Å². The summed E-state index contributed by atoms with van der Waals surface area (Å²) in [5.41, 5.74) is 1.39. The van der Waals surface area contributed by atoms with E-state index in [-0.39, 0.29) is 12.5 Å². The van der Waals surface area contributed by atoms with Crippen molar-refractivity contribution < 1.29 is 4.79 Å². The Bertz CT molecular complexity index is 432. The molecule has 82 valence electrons. The molecule has 0 unspecified atom stereocenters. The SMILES string of the molecule is N#Cc1cccc(NCC(=O)NC2CC2)c1. The average Bonchev–Trinajstić information content (AvgIpc) is 3.10. The monoisotopic (exact) mass is 215 g/mol. The Morgan fingerprint density at radius 1 is 1.50 bits per heavy atom. The molecule has 0 spiro atoms. The number of nitrogens with one attached hydrogen (secondary N) is 2. The van der Waals surface area contributed by atoms with Gasteiger partial charge in [0.05, 0.1) is 18.2 Å². The van der Waals surface area contributed by atoms with Gasteiger partial charge in [0.15, 0.2) is 0 Å². The normalized spacial score (nSPS) is 13.9. The van der Waals surface area contributed by atoms with Crippen LogP contribution in [0.2, 0.25) is 0 Å². The summed E-state index contributed by atoms with van der Waals surface area (Å²) in [6.45, 7) is 0.255. The minimum absolute atomic E-state index is 0.00450. The van der Waals surface area contributed by atoms with E-state index in [9.17, 15) is 4.79 Å². The Hall–Kier alpha value is -2.02. The van der Waals surface area contributed by atoms with Crippen molar-refractivity contribution in [2.24, 2.45) is 0 Å². The number of hydrogen-bond acceptors (Lipinski definition) is 3. The second-order valence-corrected chi connectivity index (χ2v) is 3.89. The molecular formula is C12H13N3O. The minimum atomic E-state index is 0.00450. The molecule has 1 amide bonds. The first-order chi connectivity index (χ1) is 7.78. The summed E-state index contributed by atoms with van der Waals surface area (Å²) >= 11 is 0. The van der Waals surface area contributed by atoms with Gasteiger partial charge in [-0.05, 0) is 31.0 Å². The van der Waals surface area contributed by atoms with Crippen LogP contribution < -0.4 is 10.6 Å². The topological polar surface area (TPSA) is 64.9 Å².